The molecule has 2 aromatic heterocycles. The number of hydrogen-bond donors (Lipinski definition) is 2. The maximum atomic E-state index is 5.87. The maximum Gasteiger partial charge on any atom is 0.219 e. The zero-order valence-electron chi connectivity index (χ0n) is 18.2. The molecule has 0 saturated heterocycles. The molecule has 1 aromatic carbocycles. The normalized spacial score (nSPS) is 11.3. The monoisotopic (exact) mass is 439 g/mol. The van der Waals surface area contributed by atoms with Crippen LogP contribution < -0.4 is 20.1 Å². The van der Waals surface area contributed by atoms with Crippen molar-refractivity contribution in [3.63, 3.8) is 0 Å². The molecule has 2 N–H and O–H groups in total. The number of nitrogens with one attached hydrogen (secondary N) is 2. The van der Waals surface area contributed by atoms with Crippen molar-refractivity contribution < 1.29 is 9.47 Å². The summed E-state index contributed by atoms with van der Waals surface area (Å²) in [5.41, 5.74) is 2.12. The molecule has 0 aliphatic heterocycles. The lowest BCUT2D eigenvalue weighted by atomic mass is 10.2. The Balaban J connectivity index is 1.56. The number of aryl methyl sites for hydroxylation is 1. The Morgan fingerprint density at radius 3 is 2.61 bits per heavy atom. The maximum absolute atomic E-state index is 5.87. The van der Waals surface area contributed by atoms with Crippen molar-refractivity contribution in [1.82, 2.24) is 20.6 Å². The Hall–Kier alpha value is -3.13. The van der Waals surface area contributed by atoms with Crippen LogP contribution in [-0.4, -0.2) is 35.6 Å². The van der Waals surface area contributed by atoms with Crippen LogP contribution in [0.25, 0.3) is 0 Å². The summed E-state index contributed by atoms with van der Waals surface area (Å²) in [5.74, 6) is 2.84. The van der Waals surface area contributed by atoms with Crippen molar-refractivity contribution >= 4 is 17.3 Å². The summed E-state index contributed by atoms with van der Waals surface area (Å²) < 4.78 is 11.3. The number of pyridine rings is 1. The first-order chi connectivity index (χ1) is 15.2. The van der Waals surface area contributed by atoms with Crippen molar-refractivity contribution in [2.45, 2.75) is 33.7 Å². The molecule has 2 heterocycles. The number of thiazole rings is 1. The zero-order chi connectivity index (χ0) is 21.9. The standard InChI is InChI=1S/C23H29N5O2S/c1-4-24-23(26-13-11-19-16-31-17(3)28-19)27-15-18-10-12-25-22(14-18)30-21-8-6-20(7-9-21)29-5-2/h6-10,12,14,16H,4-5,11,13,15H2,1-3H3,(H2,24,26,27). The summed E-state index contributed by atoms with van der Waals surface area (Å²) in [6.45, 7) is 8.76. The highest BCUT2D eigenvalue weighted by Gasteiger charge is 2.04. The highest BCUT2D eigenvalue weighted by Crippen LogP contribution is 2.23. The number of aliphatic imine (C=N–C) groups is 1. The fraction of sp³-hybridized carbons (Fsp3) is 0.348. The minimum atomic E-state index is 0.521. The van der Waals surface area contributed by atoms with Gasteiger partial charge >= 0.3 is 0 Å². The number of benzene rings is 1. The summed E-state index contributed by atoms with van der Waals surface area (Å²) in [4.78, 5) is 13.5. The molecular formula is C23H29N5O2S. The topological polar surface area (TPSA) is 80.7 Å². The van der Waals surface area contributed by atoms with E-state index in [1.54, 1.807) is 17.5 Å². The molecule has 31 heavy (non-hydrogen) atoms. The van der Waals surface area contributed by atoms with Gasteiger partial charge in [0, 0.05) is 37.2 Å². The van der Waals surface area contributed by atoms with Gasteiger partial charge in [-0.2, -0.15) is 0 Å². The molecule has 0 spiro atoms. The summed E-state index contributed by atoms with van der Waals surface area (Å²) in [6.07, 6.45) is 2.60. The van der Waals surface area contributed by atoms with Crippen LogP contribution in [0.5, 0.6) is 17.4 Å². The Morgan fingerprint density at radius 2 is 1.90 bits per heavy atom. The molecule has 0 saturated carbocycles. The Morgan fingerprint density at radius 1 is 1.10 bits per heavy atom. The van der Waals surface area contributed by atoms with Crippen molar-refractivity contribution in [3.8, 4) is 17.4 Å². The van der Waals surface area contributed by atoms with E-state index in [1.165, 1.54) is 0 Å². The van der Waals surface area contributed by atoms with E-state index in [0.29, 0.717) is 24.8 Å². The van der Waals surface area contributed by atoms with E-state index in [9.17, 15) is 0 Å². The van der Waals surface area contributed by atoms with Crippen LogP contribution >= 0.6 is 11.3 Å². The Labute approximate surface area is 187 Å². The average Bonchev–Trinajstić information content (AvgIpc) is 3.19. The van der Waals surface area contributed by atoms with E-state index >= 15 is 0 Å². The third kappa shape index (κ3) is 7.57. The van der Waals surface area contributed by atoms with Crippen LogP contribution in [0, 0.1) is 6.92 Å². The molecule has 3 rings (SSSR count). The summed E-state index contributed by atoms with van der Waals surface area (Å²) >= 11 is 1.68. The smallest absolute Gasteiger partial charge is 0.219 e. The second-order valence-corrected chi connectivity index (χ2v) is 7.80. The highest BCUT2D eigenvalue weighted by molar-refractivity contribution is 7.09. The second-order valence-electron chi connectivity index (χ2n) is 6.74. The van der Waals surface area contributed by atoms with E-state index < -0.39 is 0 Å². The molecule has 0 aliphatic rings. The van der Waals surface area contributed by atoms with Crippen LogP contribution in [0.15, 0.2) is 53.0 Å². The van der Waals surface area contributed by atoms with Gasteiger partial charge in [0.25, 0.3) is 0 Å². The second kappa shape index (κ2) is 11.9. The van der Waals surface area contributed by atoms with Gasteiger partial charge in [-0.1, -0.05) is 0 Å². The molecule has 3 aromatic rings. The lowest BCUT2D eigenvalue weighted by Gasteiger charge is -2.11. The molecule has 0 radical (unpaired) electrons. The lowest BCUT2D eigenvalue weighted by molar-refractivity contribution is 0.339. The molecule has 8 heteroatoms. The van der Waals surface area contributed by atoms with Crippen LogP contribution in [0.1, 0.15) is 30.1 Å². The molecular weight excluding hydrogens is 410 g/mol. The van der Waals surface area contributed by atoms with Gasteiger partial charge < -0.3 is 20.1 Å². The molecule has 0 atom stereocenters. The summed E-state index contributed by atoms with van der Waals surface area (Å²) in [7, 11) is 0. The predicted molar refractivity (Wildman–Crippen MR) is 125 cm³/mol. The Bertz CT molecular complexity index is 972. The third-order valence-electron chi connectivity index (χ3n) is 4.26. The number of ether oxygens (including phenoxy) is 2. The van der Waals surface area contributed by atoms with E-state index in [0.717, 1.165) is 47.5 Å². The van der Waals surface area contributed by atoms with Crippen LogP contribution in [0.4, 0.5) is 0 Å². The van der Waals surface area contributed by atoms with Crippen molar-refractivity contribution in [2.24, 2.45) is 4.99 Å². The molecule has 0 aliphatic carbocycles. The molecule has 0 fully saturated rings. The fourth-order valence-corrected chi connectivity index (χ4v) is 3.49. The average molecular weight is 440 g/mol. The zero-order valence-corrected chi connectivity index (χ0v) is 19.0. The van der Waals surface area contributed by atoms with Crippen LogP contribution in [-0.2, 0) is 13.0 Å². The fourth-order valence-electron chi connectivity index (χ4n) is 2.84. The number of aromatic nitrogens is 2. The molecule has 0 unspecified atom stereocenters. The van der Waals surface area contributed by atoms with Gasteiger partial charge in [-0.3, -0.25) is 0 Å². The van der Waals surface area contributed by atoms with E-state index in [2.05, 4.69) is 37.9 Å². The van der Waals surface area contributed by atoms with Gasteiger partial charge in [0.05, 0.1) is 23.9 Å². The van der Waals surface area contributed by atoms with Gasteiger partial charge in [-0.15, -0.1) is 11.3 Å². The summed E-state index contributed by atoms with van der Waals surface area (Å²) in [5, 5.41) is 9.84. The largest absolute Gasteiger partial charge is 0.494 e. The number of nitrogens with zero attached hydrogens (tertiary/aromatic N) is 3. The van der Waals surface area contributed by atoms with E-state index in [4.69, 9.17) is 9.47 Å². The van der Waals surface area contributed by atoms with Gasteiger partial charge in [0.1, 0.15) is 11.5 Å². The van der Waals surface area contributed by atoms with Gasteiger partial charge in [-0.25, -0.2) is 15.0 Å². The van der Waals surface area contributed by atoms with Crippen LogP contribution in [0.2, 0.25) is 0 Å². The first-order valence-corrected chi connectivity index (χ1v) is 11.3. The van der Waals surface area contributed by atoms with Gasteiger partial charge in [-0.05, 0) is 56.7 Å². The first kappa shape index (κ1) is 22.6. The number of guanidine groups is 1. The van der Waals surface area contributed by atoms with Crippen molar-refractivity contribution in [3.05, 3.63) is 64.2 Å². The minimum Gasteiger partial charge on any atom is -0.494 e. The minimum absolute atomic E-state index is 0.521. The van der Waals surface area contributed by atoms with Crippen LogP contribution in [0.3, 0.4) is 0 Å². The van der Waals surface area contributed by atoms with E-state index in [-0.39, 0.29) is 0 Å². The molecule has 164 valence electrons. The lowest BCUT2D eigenvalue weighted by Crippen LogP contribution is -2.38. The van der Waals surface area contributed by atoms with E-state index in [1.807, 2.05) is 50.2 Å². The van der Waals surface area contributed by atoms with Gasteiger partial charge in [0.15, 0.2) is 5.96 Å². The SMILES string of the molecule is CCNC(=NCc1ccnc(Oc2ccc(OCC)cc2)c1)NCCc1csc(C)n1. The number of hydrogen-bond acceptors (Lipinski definition) is 6. The molecule has 0 amide bonds. The Kier molecular flexibility index (Phi) is 8.66. The molecule has 7 nitrogen and oxygen atoms in total. The van der Waals surface area contributed by atoms with Crippen molar-refractivity contribution in [2.75, 3.05) is 19.7 Å². The predicted octanol–water partition coefficient (Wildman–Crippen LogP) is 4.34. The quantitative estimate of drug-likeness (QED) is 0.361. The first-order valence-electron chi connectivity index (χ1n) is 10.4. The highest BCUT2D eigenvalue weighted by atomic mass is 32.1. The number of rotatable bonds is 10. The van der Waals surface area contributed by atoms with Crippen molar-refractivity contribution in [1.29, 1.82) is 0 Å². The third-order valence-corrected chi connectivity index (χ3v) is 5.08. The van der Waals surface area contributed by atoms with Gasteiger partial charge in [0.2, 0.25) is 5.88 Å². The molecule has 0 bridgehead atoms. The summed E-state index contributed by atoms with van der Waals surface area (Å²) in [6, 6.07) is 11.4.